The van der Waals surface area contributed by atoms with Crippen LogP contribution in [-0.2, 0) is 0 Å². The summed E-state index contributed by atoms with van der Waals surface area (Å²) in [6.07, 6.45) is 2.43. The highest BCUT2D eigenvalue weighted by Gasteiger charge is 2.17. The second kappa shape index (κ2) is 3.47. The Labute approximate surface area is 60.8 Å². The Bertz CT molecular complexity index is 77.0. The average Bonchev–Trinajstić information content (AvgIpc) is 1.90. The standard InChI is InChI=1S/C7H14OS/c1-6(8)7-3-2-4-9-5-7/h6-8H,2-5H2,1H3/t6-,7?/m1/s1. The molecule has 1 aliphatic rings. The van der Waals surface area contributed by atoms with E-state index < -0.39 is 0 Å². The quantitative estimate of drug-likeness (QED) is 0.605. The number of rotatable bonds is 1. The van der Waals surface area contributed by atoms with E-state index in [0.29, 0.717) is 5.92 Å². The van der Waals surface area contributed by atoms with Crippen LogP contribution in [0.3, 0.4) is 0 Å². The van der Waals surface area contributed by atoms with Gasteiger partial charge >= 0.3 is 0 Å². The molecule has 0 amide bonds. The topological polar surface area (TPSA) is 20.2 Å². The van der Waals surface area contributed by atoms with Gasteiger partial charge in [0, 0.05) is 0 Å². The Morgan fingerprint density at radius 2 is 2.44 bits per heavy atom. The molecule has 1 heterocycles. The molecule has 54 valence electrons. The van der Waals surface area contributed by atoms with Crippen molar-refractivity contribution in [1.29, 1.82) is 0 Å². The third kappa shape index (κ3) is 2.18. The summed E-state index contributed by atoms with van der Waals surface area (Å²) in [6.45, 7) is 1.90. The van der Waals surface area contributed by atoms with E-state index in [1.165, 1.54) is 18.6 Å². The molecule has 2 heteroatoms. The van der Waals surface area contributed by atoms with Gasteiger partial charge in [-0.05, 0) is 37.2 Å². The first-order chi connectivity index (χ1) is 4.30. The summed E-state index contributed by atoms with van der Waals surface area (Å²) in [5.74, 6) is 3.03. The van der Waals surface area contributed by atoms with Crippen molar-refractivity contribution in [1.82, 2.24) is 0 Å². The van der Waals surface area contributed by atoms with Gasteiger partial charge in [-0.25, -0.2) is 0 Å². The highest BCUT2D eigenvalue weighted by Crippen LogP contribution is 2.24. The Morgan fingerprint density at radius 3 is 2.78 bits per heavy atom. The van der Waals surface area contributed by atoms with Crippen molar-refractivity contribution in [2.75, 3.05) is 11.5 Å². The summed E-state index contributed by atoms with van der Waals surface area (Å²) in [6, 6.07) is 0. The van der Waals surface area contributed by atoms with Crippen molar-refractivity contribution in [2.45, 2.75) is 25.9 Å². The summed E-state index contributed by atoms with van der Waals surface area (Å²) in [4.78, 5) is 0. The number of aliphatic hydroxyl groups excluding tert-OH is 1. The first-order valence-electron chi connectivity index (χ1n) is 3.56. The second-order valence-corrected chi connectivity index (χ2v) is 3.87. The monoisotopic (exact) mass is 146 g/mol. The number of hydrogen-bond donors (Lipinski definition) is 1. The van der Waals surface area contributed by atoms with Gasteiger partial charge in [-0.1, -0.05) is 0 Å². The van der Waals surface area contributed by atoms with Gasteiger partial charge in [0.1, 0.15) is 0 Å². The van der Waals surface area contributed by atoms with Gasteiger partial charge in [0.25, 0.3) is 0 Å². The van der Waals surface area contributed by atoms with Gasteiger partial charge in [0.2, 0.25) is 0 Å². The largest absolute Gasteiger partial charge is 0.393 e. The normalized spacial score (nSPS) is 32.0. The molecule has 0 aromatic rings. The van der Waals surface area contributed by atoms with E-state index in [4.69, 9.17) is 5.11 Å². The Kier molecular flexibility index (Phi) is 2.86. The van der Waals surface area contributed by atoms with E-state index in [1.54, 1.807) is 0 Å². The summed E-state index contributed by atoms with van der Waals surface area (Å²) in [7, 11) is 0. The minimum atomic E-state index is -0.0854. The lowest BCUT2D eigenvalue weighted by molar-refractivity contribution is 0.130. The Hall–Kier alpha value is 0.310. The molecule has 1 nitrogen and oxygen atoms in total. The fourth-order valence-corrected chi connectivity index (χ4v) is 2.43. The summed E-state index contributed by atoms with van der Waals surface area (Å²) >= 11 is 1.97. The van der Waals surface area contributed by atoms with Crippen LogP contribution in [0.25, 0.3) is 0 Å². The first-order valence-corrected chi connectivity index (χ1v) is 4.72. The minimum absolute atomic E-state index is 0.0854. The van der Waals surface area contributed by atoms with Gasteiger partial charge in [-0.3, -0.25) is 0 Å². The van der Waals surface area contributed by atoms with Crippen molar-refractivity contribution in [3.8, 4) is 0 Å². The van der Waals surface area contributed by atoms with E-state index in [1.807, 2.05) is 18.7 Å². The van der Waals surface area contributed by atoms with Crippen molar-refractivity contribution in [2.24, 2.45) is 5.92 Å². The number of thioether (sulfide) groups is 1. The maximum atomic E-state index is 9.16. The molecule has 0 saturated carbocycles. The average molecular weight is 146 g/mol. The molecule has 0 bridgehead atoms. The van der Waals surface area contributed by atoms with Gasteiger partial charge in [-0.2, -0.15) is 11.8 Å². The maximum absolute atomic E-state index is 9.16. The van der Waals surface area contributed by atoms with E-state index in [2.05, 4.69) is 0 Å². The Morgan fingerprint density at radius 1 is 1.67 bits per heavy atom. The van der Waals surface area contributed by atoms with Crippen LogP contribution in [0.15, 0.2) is 0 Å². The molecule has 1 rings (SSSR count). The van der Waals surface area contributed by atoms with Crippen molar-refractivity contribution in [3.05, 3.63) is 0 Å². The molecule has 0 spiro atoms. The third-order valence-corrected chi connectivity index (χ3v) is 3.12. The lowest BCUT2D eigenvalue weighted by atomic mass is 10.0. The third-order valence-electron chi connectivity index (χ3n) is 1.88. The van der Waals surface area contributed by atoms with E-state index in [0.717, 1.165) is 5.75 Å². The zero-order valence-electron chi connectivity index (χ0n) is 5.84. The summed E-state index contributed by atoms with van der Waals surface area (Å²) in [5.41, 5.74) is 0. The van der Waals surface area contributed by atoms with E-state index in [9.17, 15) is 0 Å². The molecular weight excluding hydrogens is 132 g/mol. The minimum Gasteiger partial charge on any atom is -0.393 e. The maximum Gasteiger partial charge on any atom is 0.0548 e. The molecule has 0 aromatic carbocycles. The van der Waals surface area contributed by atoms with Crippen LogP contribution in [0.1, 0.15) is 19.8 Å². The molecule has 1 fully saturated rings. The predicted octanol–water partition coefficient (Wildman–Crippen LogP) is 1.51. The van der Waals surface area contributed by atoms with Gasteiger partial charge in [0.15, 0.2) is 0 Å². The van der Waals surface area contributed by atoms with E-state index in [-0.39, 0.29) is 6.10 Å². The smallest absolute Gasteiger partial charge is 0.0548 e. The lowest BCUT2D eigenvalue weighted by Gasteiger charge is -2.23. The van der Waals surface area contributed by atoms with Crippen molar-refractivity contribution < 1.29 is 5.11 Å². The SMILES string of the molecule is C[C@@H](O)C1CCCSC1. The highest BCUT2D eigenvalue weighted by molar-refractivity contribution is 7.99. The molecule has 0 aromatic heterocycles. The second-order valence-electron chi connectivity index (χ2n) is 2.72. The van der Waals surface area contributed by atoms with Gasteiger partial charge in [-0.15, -0.1) is 0 Å². The summed E-state index contributed by atoms with van der Waals surface area (Å²) < 4.78 is 0. The fraction of sp³-hybridized carbons (Fsp3) is 1.00. The molecule has 0 aliphatic carbocycles. The molecule has 0 radical (unpaired) electrons. The predicted molar refractivity (Wildman–Crippen MR) is 41.7 cm³/mol. The molecular formula is C7H14OS. The van der Waals surface area contributed by atoms with Gasteiger partial charge in [0.05, 0.1) is 6.10 Å². The van der Waals surface area contributed by atoms with Crippen molar-refractivity contribution in [3.63, 3.8) is 0 Å². The molecule has 2 atom stereocenters. The molecule has 9 heavy (non-hydrogen) atoms. The zero-order chi connectivity index (χ0) is 6.69. The zero-order valence-corrected chi connectivity index (χ0v) is 6.66. The molecule has 1 N–H and O–H groups in total. The van der Waals surface area contributed by atoms with Crippen LogP contribution in [0, 0.1) is 5.92 Å². The van der Waals surface area contributed by atoms with Crippen LogP contribution in [0.4, 0.5) is 0 Å². The fourth-order valence-electron chi connectivity index (χ4n) is 1.15. The number of hydrogen-bond acceptors (Lipinski definition) is 2. The lowest BCUT2D eigenvalue weighted by Crippen LogP contribution is -2.22. The highest BCUT2D eigenvalue weighted by atomic mass is 32.2. The van der Waals surface area contributed by atoms with Crippen LogP contribution in [-0.4, -0.2) is 22.7 Å². The molecule has 1 aliphatic heterocycles. The van der Waals surface area contributed by atoms with E-state index >= 15 is 0 Å². The van der Waals surface area contributed by atoms with Crippen LogP contribution < -0.4 is 0 Å². The van der Waals surface area contributed by atoms with Gasteiger partial charge < -0.3 is 5.11 Å². The molecule has 1 unspecified atom stereocenters. The first kappa shape index (κ1) is 7.42. The Balaban J connectivity index is 2.23. The summed E-state index contributed by atoms with van der Waals surface area (Å²) in [5, 5.41) is 9.16. The molecule has 1 saturated heterocycles. The van der Waals surface area contributed by atoms with Crippen LogP contribution in [0.5, 0.6) is 0 Å². The van der Waals surface area contributed by atoms with Crippen LogP contribution in [0.2, 0.25) is 0 Å². The van der Waals surface area contributed by atoms with Crippen LogP contribution >= 0.6 is 11.8 Å². The van der Waals surface area contributed by atoms with Crippen molar-refractivity contribution >= 4 is 11.8 Å². The number of aliphatic hydroxyl groups is 1.